The van der Waals surface area contributed by atoms with Gasteiger partial charge in [0.25, 0.3) is 21.6 Å². The molecule has 5 rings (SSSR count). The summed E-state index contributed by atoms with van der Waals surface area (Å²) in [5, 5.41) is 2.43. The first-order valence-corrected chi connectivity index (χ1v) is 19.4. The van der Waals surface area contributed by atoms with E-state index in [9.17, 15) is 42.4 Å². The Morgan fingerprint density at radius 2 is 1.65 bits per heavy atom. The third-order valence-corrected chi connectivity index (χ3v) is 11.9. The van der Waals surface area contributed by atoms with Gasteiger partial charge in [-0.15, -0.1) is 0 Å². The molecule has 2 aliphatic rings. The van der Waals surface area contributed by atoms with Crippen molar-refractivity contribution in [2.75, 3.05) is 18.1 Å². The Kier molecular flexibility index (Phi) is 11.8. The number of unbranched alkanes of at least 4 members (excludes halogenated alkanes) is 1. The highest BCUT2D eigenvalue weighted by Crippen LogP contribution is 2.63. The van der Waals surface area contributed by atoms with Crippen molar-refractivity contribution in [3.8, 4) is 0 Å². The van der Waals surface area contributed by atoms with Crippen molar-refractivity contribution in [1.82, 2.24) is 9.55 Å². The van der Waals surface area contributed by atoms with Crippen LogP contribution in [0.4, 0.5) is 10.2 Å². The zero-order valence-corrected chi connectivity index (χ0v) is 28.3. The molecule has 0 spiro atoms. The van der Waals surface area contributed by atoms with E-state index in [1.54, 1.807) is 19.1 Å². The van der Waals surface area contributed by atoms with E-state index in [1.165, 1.54) is 24.4 Å². The van der Waals surface area contributed by atoms with Gasteiger partial charge in [0, 0.05) is 24.3 Å². The van der Waals surface area contributed by atoms with Crippen molar-refractivity contribution in [2.45, 2.75) is 57.0 Å². The smallest absolute Gasteiger partial charge is 0.351 e. The topological polar surface area (TPSA) is 240 Å². The van der Waals surface area contributed by atoms with E-state index in [0.717, 1.165) is 22.3 Å². The Balaban J connectivity index is 1.30. The van der Waals surface area contributed by atoms with Gasteiger partial charge in [0.2, 0.25) is 0 Å². The normalized spacial score (nSPS) is 25.5. The lowest BCUT2D eigenvalue weighted by Gasteiger charge is -2.35. The molecule has 1 amide bonds. The molecule has 1 N–H and O–H groups in total. The molecular weight excluding hydrogens is 714 g/mol. The number of hydrogen-bond acceptors (Lipinski definition) is 15. The molecule has 49 heavy (non-hydrogen) atoms. The number of anilines is 1. The predicted octanol–water partition coefficient (Wildman–Crippen LogP) is 2.22. The largest absolute Gasteiger partial charge is 0.778 e. The van der Waals surface area contributed by atoms with E-state index >= 15 is 0 Å². The van der Waals surface area contributed by atoms with Gasteiger partial charge in [0.15, 0.2) is 12.5 Å². The molecule has 1 aromatic heterocycles. The molecule has 2 aromatic carbocycles. The molecule has 0 radical (unpaired) electrons. The highest BCUT2D eigenvalue weighted by molar-refractivity contribution is 7.66. The lowest BCUT2D eigenvalue weighted by Crippen LogP contribution is -2.34. The molecule has 3 aromatic rings. The fraction of sp³-hybridized carbons (Fsp3) is 0.393. The van der Waals surface area contributed by atoms with E-state index in [-0.39, 0.29) is 24.2 Å². The lowest BCUT2D eigenvalue weighted by atomic mass is 10.1. The number of fused-ring (bicyclic) bond motifs is 1. The number of hydrogen-bond donors (Lipinski definition) is 1. The van der Waals surface area contributed by atoms with Crippen molar-refractivity contribution >= 4 is 35.0 Å². The van der Waals surface area contributed by atoms with Gasteiger partial charge in [-0.2, -0.15) is 4.98 Å². The summed E-state index contributed by atoms with van der Waals surface area (Å²) in [5.41, 5.74) is 0.0250. The van der Waals surface area contributed by atoms with Crippen LogP contribution < -0.4 is 25.7 Å². The summed E-state index contributed by atoms with van der Waals surface area (Å²) in [5.74, 6) is -1.34. The number of halogens is 1. The summed E-state index contributed by atoms with van der Waals surface area (Å²) in [6, 6.07) is 15.0. The van der Waals surface area contributed by atoms with Crippen LogP contribution in [-0.2, 0) is 47.5 Å². The predicted molar refractivity (Wildman–Crippen MR) is 161 cm³/mol. The van der Waals surface area contributed by atoms with Crippen LogP contribution in [-0.4, -0.2) is 52.8 Å². The molecule has 21 heteroatoms. The Labute approximate surface area is 278 Å². The number of carbonyl (C=O) groups is 1. The molecular formula is C28H30FN3O14P3-3. The Morgan fingerprint density at radius 3 is 2.33 bits per heavy atom. The van der Waals surface area contributed by atoms with E-state index in [0.29, 0.717) is 6.42 Å². The van der Waals surface area contributed by atoms with Crippen LogP contribution in [0.15, 0.2) is 71.7 Å². The zero-order valence-electron chi connectivity index (χ0n) is 25.6. The minimum absolute atomic E-state index is 0.0638. The highest BCUT2D eigenvalue weighted by Gasteiger charge is 2.54. The van der Waals surface area contributed by atoms with E-state index in [1.807, 2.05) is 18.2 Å². The molecule has 17 nitrogen and oxygen atoms in total. The number of phosphoric acid groups is 2. The molecule has 2 aliphatic heterocycles. The summed E-state index contributed by atoms with van der Waals surface area (Å²) >= 11 is 0. The number of nitrogens with one attached hydrogen (secondary N) is 1. The van der Waals surface area contributed by atoms with Gasteiger partial charge >= 0.3 is 5.69 Å². The minimum atomic E-state index is -5.93. The molecule has 5 unspecified atom stereocenters. The van der Waals surface area contributed by atoms with Gasteiger partial charge in [0.05, 0.1) is 6.61 Å². The first-order valence-electron chi connectivity index (χ1n) is 14.8. The number of carbonyl (C=O) groups excluding carboxylic acids is 1. The average Bonchev–Trinajstić information content (AvgIpc) is 3.58. The number of benzene rings is 2. The van der Waals surface area contributed by atoms with Crippen LogP contribution in [0.2, 0.25) is 0 Å². The van der Waals surface area contributed by atoms with E-state index < -0.39 is 84.3 Å². The summed E-state index contributed by atoms with van der Waals surface area (Å²) in [7, 11) is -16.7. The third kappa shape index (κ3) is 10.1. The molecule has 0 bridgehead atoms. The van der Waals surface area contributed by atoms with Crippen molar-refractivity contribution in [3.63, 3.8) is 0 Å². The van der Waals surface area contributed by atoms with Gasteiger partial charge in [-0.1, -0.05) is 43.7 Å². The van der Waals surface area contributed by atoms with Gasteiger partial charge < -0.3 is 43.3 Å². The number of aromatic nitrogens is 2. The van der Waals surface area contributed by atoms with Crippen molar-refractivity contribution in [3.05, 3.63) is 94.3 Å². The van der Waals surface area contributed by atoms with Crippen LogP contribution >= 0.6 is 23.2 Å². The molecule has 0 aliphatic carbocycles. The summed E-state index contributed by atoms with van der Waals surface area (Å²) in [6.07, 6.45) is -4.27. The maximum absolute atomic E-state index is 13.2. The van der Waals surface area contributed by atoms with Crippen LogP contribution in [0, 0.1) is 5.82 Å². The van der Waals surface area contributed by atoms with Crippen LogP contribution in [0.3, 0.4) is 0 Å². The van der Waals surface area contributed by atoms with Gasteiger partial charge in [-0.3, -0.25) is 22.8 Å². The number of ether oxygens (including phenoxy) is 3. The summed E-state index contributed by atoms with van der Waals surface area (Å²) < 4.78 is 81.3. The number of amides is 1. The Bertz CT molecular complexity index is 1830. The highest BCUT2D eigenvalue weighted by atomic mass is 31.3. The maximum Gasteiger partial charge on any atom is 0.351 e. The van der Waals surface area contributed by atoms with Crippen molar-refractivity contribution in [2.24, 2.45) is 0 Å². The second kappa shape index (κ2) is 15.5. The zero-order chi connectivity index (χ0) is 35.4. The van der Waals surface area contributed by atoms with Crippen molar-refractivity contribution in [1.29, 1.82) is 0 Å². The lowest BCUT2D eigenvalue weighted by molar-refractivity contribution is -0.246. The van der Waals surface area contributed by atoms with Gasteiger partial charge in [0.1, 0.15) is 37.5 Å². The third-order valence-electron chi connectivity index (χ3n) is 7.21. The Morgan fingerprint density at radius 1 is 0.959 bits per heavy atom. The van der Waals surface area contributed by atoms with Crippen LogP contribution in [0.1, 0.15) is 41.9 Å². The first kappa shape index (κ1) is 37.3. The fourth-order valence-corrected chi connectivity index (χ4v) is 9.13. The fourth-order valence-electron chi connectivity index (χ4n) is 5.00. The number of rotatable bonds is 15. The molecule has 2 saturated heterocycles. The maximum atomic E-state index is 13.2. The van der Waals surface area contributed by atoms with Crippen LogP contribution in [0.25, 0.3) is 0 Å². The standard InChI is InChI=1S/C28H33FN3O14P3/c1-2-3-15-47(35,36)45-49(39,40)46-48(37,38)41-17-21-24-25(44-23(43-24)16-18-7-5-4-6-8-18)27(42-21)32-14-13-22(31-28(32)34)30-26(33)19-9-11-20(29)12-10-19/h4-14,21,23-25,27H,2-3,15-17H2,1H3,(H,35,36)(H,37,38)(H,39,40)(H,30,31,33,34)/p-3/t21-,23?,24+,25?,27-/m1/s1. The minimum Gasteiger partial charge on any atom is -0.778 e. The molecule has 266 valence electrons. The van der Waals surface area contributed by atoms with Crippen molar-refractivity contribution < 1.29 is 64.9 Å². The second-order valence-corrected chi connectivity index (χ2v) is 15.9. The monoisotopic (exact) mass is 744 g/mol. The molecule has 8 atom stereocenters. The summed E-state index contributed by atoms with van der Waals surface area (Å²) in [6.45, 7) is 0.744. The first-order chi connectivity index (χ1) is 23.1. The average molecular weight is 744 g/mol. The Hall–Kier alpha value is -2.95. The summed E-state index contributed by atoms with van der Waals surface area (Å²) in [4.78, 5) is 65.9. The SMILES string of the molecule is CCCCP(=O)([O-])OP(=O)([O-])OP(=O)([O-])OC[C@H]1O[C@@H](n2ccc(NC(=O)c3ccc(F)cc3)nc2=O)C2OC(Cc3ccccc3)O[C@H]21. The molecule has 3 heterocycles. The quantitative estimate of drug-likeness (QED) is 0.220. The number of nitrogens with zero attached hydrogens (tertiary/aromatic N) is 2. The van der Waals surface area contributed by atoms with E-state index in [2.05, 4.69) is 18.9 Å². The molecule has 0 saturated carbocycles. The van der Waals surface area contributed by atoms with Gasteiger partial charge in [-0.05, 0) is 42.3 Å². The van der Waals surface area contributed by atoms with Crippen LogP contribution in [0.5, 0.6) is 0 Å². The number of phosphoric ester groups is 1. The second-order valence-electron chi connectivity index (χ2n) is 10.9. The molecule has 2 fully saturated rings. The van der Waals surface area contributed by atoms with E-state index in [4.69, 9.17) is 18.7 Å². The van der Waals surface area contributed by atoms with Gasteiger partial charge in [-0.25, -0.2) is 13.5 Å².